The van der Waals surface area contributed by atoms with Gasteiger partial charge in [0.2, 0.25) is 5.95 Å². The topological polar surface area (TPSA) is 123 Å². The Morgan fingerprint density at radius 3 is 2.09 bits per heavy atom. The third-order valence-corrected chi connectivity index (χ3v) is 5.89. The number of likely N-dealkylation sites (N-methyl/N-ethyl adjacent to an activating group) is 1. The van der Waals surface area contributed by atoms with Gasteiger partial charge in [-0.2, -0.15) is 31.3 Å². The number of urea groups is 1. The maximum Gasteiger partial charge on any atom is 0.490 e. The van der Waals surface area contributed by atoms with Crippen molar-refractivity contribution in [3.05, 3.63) is 66.1 Å². The van der Waals surface area contributed by atoms with E-state index in [0.29, 0.717) is 42.2 Å². The van der Waals surface area contributed by atoms with Crippen molar-refractivity contribution in [2.75, 3.05) is 54.1 Å². The summed E-state index contributed by atoms with van der Waals surface area (Å²) in [4.78, 5) is 34.0. The molecule has 0 aliphatic rings. The average Bonchev–Trinajstić information content (AvgIpc) is 2.96. The Bertz CT molecular complexity index is 1380. The van der Waals surface area contributed by atoms with Crippen LogP contribution in [-0.2, 0) is 11.0 Å². The molecule has 1 heterocycles. The molecule has 3 rings (SSSR count). The molecule has 0 aliphatic carbocycles. The first-order valence-electron chi connectivity index (χ1n) is 12.9. The fourth-order valence-electron chi connectivity index (χ4n) is 3.47. The van der Waals surface area contributed by atoms with Crippen molar-refractivity contribution < 1.29 is 45.4 Å². The number of nitrogens with zero attached hydrogens (tertiary/aromatic N) is 4. The number of aliphatic carboxylic acids is 1. The highest BCUT2D eigenvalue weighted by Crippen LogP contribution is 2.32. The first kappa shape index (κ1) is 35.5. The van der Waals surface area contributed by atoms with Crippen LogP contribution in [0.3, 0.4) is 0 Å². The number of alkyl halides is 6. The molecule has 0 aliphatic heterocycles. The third kappa shape index (κ3) is 11.2. The summed E-state index contributed by atoms with van der Waals surface area (Å²) in [7, 11) is 1.83. The van der Waals surface area contributed by atoms with Crippen molar-refractivity contribution in [1.29, 1.82) is 0 Å². The lowest BCUT2D eigenvalue weighted by molar-refractivity contribution is -0.192. The van der Waals surface area contributed by atoms with Crippen LogP contribution in [0.1, 0.15) is 19.4 Å². The maximum absolute atomic E-state index is 13.9. The minimum atomic E-state index is -5.08. The number of halogens is 7. The third-order valence-electron chi connectivity index (χ3n) is 5.89. The molecule has 2 amide bonds. The Balaban J connectivity index is 0.000000860. The number of nitrogens with one attached hydrogen (secondary N) is 3. The zero-order chi connectivity index (χ0) is 33.1. The highest BCUT2D eigenvalue weighted by atomic mass is 19.4. The summed E-state index contributed by atoms with van der Waals surface area (Å²) in [5.74, 6) is -2.58. The number of rotatable bonds is 10. The fraction of sp³-hybridized carbons (Fsp3) is 0.333. The lowest BCUT2D eigenvalue weighted by Gasteiger charge is -2.20. The Hall–Kier alpha value is -4.67. The number of benzene rings is 2. The predicted molar refractivity (Wildman–Crippen MR) is 151 cm³/mol. The molecule has 10 nitrogen and oxygen atoms in total. The molecular weight excluding hydrogens is 603 g/mol. The average molecular weight is 634 g/mol. The monoisotopic (exact) mass is 633 g/mol. The number of hydrogen-bond acceptors (Lipinski definition) is 7. The second-order valence-corrected chi connectivity index (χ2v) is 8.87. The van der Waals surface area contributed by atoms with Gasteiger partial charge in [0.15, 0.2) is 0 Å². The molecule has 0 saturated heterocycles. The smallest absolute Gasteiger partial charge is 0.475 e. The molecule has 0 bridgehead atoms. The van der Waals surface area contributed by atoms with Crippen LogP contribution < -0.4 is 20.9 Å². The summed E-state index contributed by atoms with van der Waals surface area (Å²) in [5.41, 5.74) is -0.510. The molecule has 17 heteroatoms. The zero-order valence-electron chi connectivity index (χ0n) is 23.7. The number of aromatic nitrogens is 2. The largest absolute Gasteiger partial charge is 0.490 e. The van der Waals surface area contributed by atoms with E-state index in [-0.39, 0.29) is 0 Å². The van der Waals surface area contributed by atoms with Gasteiger partial charge in [0, 0.05) is 37.7 Å². The van der Waals surface area contributed by atoms with E-state index in [0.717, 1.165) is 25.3 Å². The summed E-state index contributed by atoms with van der Waals surface area (Å²) in [6.07, 6.45) is -8.08. The van der Waals surface area contributed by atoms with Crippen molar-refractivity contribution in [3.63, 3.8) is 0 Å². The first-order valence-corrected chi connectivity index (χ1v) is 12.9. The molecule has 0 atom stereocenters. The number of carboxylic acid groups (broad SMARTS) is 1. The molecule has 0 spiro atoms. The van der Waals surface area contributed by atoms with E-state index in [1.807, 2.05) is 11.9 Å². The Labute approximate surface area is 247 Å². The number of carbonyl (C=O) groups excluding carboxylic acids is 1. The van der Waals surface area contributed by atoms with Crippen LogP contribution in [0.2, 0.25) is 0 Å². The Morgan fingerprint density at radius 1 is 0.932 bits per heavy atom. The lowest BCUT2D eigenvalue weighted by Crippen LogP contribution is -2.29. The molecule has 3 aromatic rings. The number of carbonyl (C=O) groups is 2. The number of carboxylic acids is 1. The summed E-state index contributed by atoms with van der Waals surface area (Å²) in [6, 6.07) is 9.37. The van der Waals surface area contributed by atoms with E-state index >= 15 is 0 Å². The van der Waals surface area contributed by atoms with Crippen LogP contribution in [-0.4, -0.2) is 71.4 Å². The van der Waals surface area contributed by atoms with E-state index in [4.69, 9.17) is 9.90 Å². The molecule has 0 radical (unpaired) electrons. The van der Waals surface area contributed by atoms with Crippen LogP contribution in [0.5, 0.6) is 0 Å². The van der Waals surface area contributed by atoms with Gasteiger partial charge in [-0.15, -0.1) is 0 Å². The van der Waals surface area contributed by atoms with E-state index in [2.05, 4.69) is 44.7 Å². The van der Waals surface area contributed by atoms with Gasteiger partial charge >= 0.3 is 24.4 Å². The minimum absolute atomic E-state index is 0.364. The van der Waals surface area contributed by atoms with Gasteiger partial charge in [-0.1, -0.05) is 13.8 Å². The van der Waals surface area contributed by atoms with Crippen molar-refractivity contribution in [2.45, 2.75) is 26.2 Å². The van der Waals surface area contributed by atoms with E-state index in [1.54, 1.807) is 36.5 Å². The van der Waals surface area contributed by atoms with Gasteiger partial charge in [0.1, 0.15) is 11.6 Å². The molecule has 0 fully saturated rings. The van der Waals surface area contributed by atoms with Gasteiger partial charge in [0.05, 0.1) is 11.3 Å². The molecular formula is C27H30F7N7O3. The summed E-state index contributed by atoms with van der Waals surface area (Å²) in [6.45, 7) is 7.74. The van der Waals surface area contributed by atoms with Crippen LogP contribution in [0.4, 0.5) is 64.4 Å². The normalized spacial score (nSPS) is 11.3. The fourth-order valence-corrected chi connectivity index (χ4v) is 3.47. The molecule has 0 saturated carbocycles. The van der Waals surface area contributed by atoms with Gasteiger partial charge in [0.25, 0.3) is 0 Å². The van der Waals surface area contributed by atoms with Crippen LogP contribution >= 0.6 is 0 Å². The molecule has 4 N–H and O–H groups in total. The highest BCUT2D eigenvalue weighted by Gasteiger charge is 2.38. The van der Waals surface area contributed by atoms with E-state index < -0.39 is 41.4 Å². The summed E-state index contributed by atoms with van der Waals surface area (Å²) >= 11 is 0. The molecule has 1 aromatic heterocycles. The second kappa shape index (κ2) is 15.7. The predicted octanol–water partition coefficient (Wildman–Crippen LogP) is 6.43. The quantitative estimate of drug-likeness (QED) is 0.189. The number of amides is 2. The maximum atomic E-state index is 13.9. The van der Waals surface area contributed by atoms with Crippen molar-refractivity contribution in [3.8, 4) is 0 Å². The molecule has 240 valence electrons. The number of hydrogen-bond donors (Lipinski definition) is 4. The molecule has 44 heavy (non-hydrogen) atoms. The molecule has 2 aromatic carbocycles. The van der Waals surface area contributed by atoms with Gasteiger partial charge in [-0.25, -0.2) is 19.0 Å². The lowest BCUT2D eigenvalue weighted by atomic mass is 10.2. The van der Waals surface area contributed by atoms with E-state index in [1.165, 1.54) is 0 Å². The summed E-state index contributed by atoms with van der Waals surface area (Å²) < 4.78 is 84.3. The van der Waals surface area contributed by atoms with Crippen LogP contribution in [0.25, 0.3) is 0 Å². The molecule has 0 unspecified atom stereocenters. The van der Waals surface area contributed by atoms with Crippen molar-refractivity contribution in [2.24, 2.45) is 0 Å². The summed E-state index contributed by atoms with van der Waals surface area (Å²) in [5, 5.41) is 14.9. The Morgan fingerprint density at radius 2 is 1.55 bits per heavy atom. The number of anilines is 5. The van der Waals surface area contributed by atoms with Crippen LogP contribution in [0.15, 0.2) is 54.7 Å². The highest BCUT2D eigenvalue weighted by molar-refractivity contribution is 6.00. The standard InChI is InChI=1S/C25H29F4N7O.C2HF3O2/c1-4-36(5-2)15-14-31-23-30-13-12-22(34-23)35(3)19-9-7-18(8-10-19)32-24(37)33-21-16-17(25(27,28)29)6-11-20(21)26;3-2(4,5)1(6)7/h6-13,16H,4-5,14-15H2,1-3H3,(H,30,31,34)(H2,32,33,37);(H,6,7). The Kier molecular flexibility index (Phi) is 12.7. The van der Waals surface area contributed by atoms with Crippen molar-refractivity contribution in [1.82, 2.24) is 14.9 Å². The van der Waals surface area contributed by atoms with E-state index in [9.17, 15) is 35.5 Å². The van der Waals surface area contributed by atoms with Gasteiger partial charge in [-0.3, -0.25) is 0 Å². The SMILES string of the molecule is CCN(CC)CCNc1nccc(N(C)c2ccc(NC(=O)Nc3cc(C(F)(F)F)ccc3F)cc2)n1.O=C(O)C(F)(F)F. The van der Waals surface area contributed by atoms with Gasteiger partial charge < -0.3 is 30.9 Å². The minimum Gasteiger partial charge on any atom is -0.475 e. The first-order chi connectivity index (χ1) is 20.5. The second-order valence-electron chi connectivity index (χ2n) is 8.87. The zero-order valence-corrected chi connectivity index (χ0v) is 23.7. The van der Waals surface area contributed by atoms with Crippen LogP contribution in [0, 0.1) is 5.82 Å². The van der Waals surface area contributed by atoms with Crippen molar-refractivity contribution >= 4 is 40.8 Å². The van der Waals surface area contributed by atoms with Gasteiger partial charge in [-0.05, 0) is 61.6 Å².